The molecule has 0 bridgehead atoms. The quantitative estimate of drug-likeness (QED) is 0.609. The summed E-state index contributed by atoms with van der Waals surface area (Å²) in [6, 6.07) is 12.6. The zero-order chi connectivity index (χ0) is 9.76. The van der Waals surface area contributed by atoms with Crippen LogP contribution in [0.4, 0.5) is 0 Å². The molecule has 70 valence electrons. The molecule has 1 heterocycles. The van der Waals surface area contributed by atoms with Crippen LogP contribution in [0.25, 0.3) is 10.8 Å². The van der Waals surface area contributed by atoms with E-state index in [4.69, 9.17) is 4.74 Å². The minimum Gasteiger partial charge on any atom is -0.482 e. The number of rotatable bonds is 0. The van der Waals surface area contributed by atoms with Gasteiger partial charge >= 0.3 is 0 Å². The molecule has 0 aliphatic carbocycles. The Morgan fingerprint density at radius 1 is 1.00 bits per heavy atom. The van der Waals surface area contributed by atoms with Crippen LogP contribution in [0.5, 0.6) is 5.75 Å². The van der Waals surface area contributed by atoms with E-state index < -0.39 is 0 Å². The normalized spacial score (nSPS) is 17.0. The van der Waals surface area contributed by atoms with Gasteiger partial charge in [-0.3, -0.25) is 0 Å². The number of benzene rings is 2. The predicted molar refractivity (Wildman–Crippen MR) is 57.6 cm³/mol. The van der Waals surface area contributed by atoms with Gasteiger partial charge in [-0.1, -0.05) is 30.3 Å². The van der Waals surface area contributed by atoms with E-state index >= 15 is 0 Å². The molecule has 0 N–H and O–H groups in total. The summed E-state index contributed by atoms with van der Waals surface area (Å²) < 4.78 is 5.91. The SMILES string of the molecule is CC1(C)Oc2cccc3cccc1c23. The molecule has 0 saturated carbocycles. The standard InChI is InChI=1S/C13H12O/c1-13(2)10-7-3-5-9-6-4-8-11(14-13)12(9)10/h3-8H,1-2H3. The van der Waals surface area contributed by atoms with Crippen molar-refractivity contribution in [3.63, 3.8) is 0 Å². The van der Waals surface area contributed by atoms with Crippen molar-refractivity contribution >= 4 is 10.8 Å². The van der Waals surface area contributed by atoms with Crippen molar-refractivity contribution in [2.75, 3.05) is 0 Å². The number of ether oxygens (including phenoxy) is 1. The largest absolute Gasteiger partial charge is 0.482 e. The average molecular weight is 184 g/mol. The average Bonchev–Trinajstić information content (AvgIpc) is 2.41. The molecule has 1 heteroatoms. The van der Waals surface area contributed by atoms with E-state index in [-0.39, 0.29) is 5.60 Å². The molecule has 2 aromatic carbocycles. The maximum Gasteiger partial charge on any atom is 0.129 e. The maximum atomic E-state index is 5.91. The lowest BCUT2D eigenvalue weighted by Gasteiger charge is -2.19. The van der Waals surface area contributed by atoms with Crippen molar-refractivity contribution in [2.24, 2.45) is 0 Å². The Morgan fingerprint density at radius 3 is 2.50 bits per heavy atom. The summed E-state index contributed by atoms with van der Waals surface area (Å²) in [4.78, 5) is 0. The summed E-state index contributed by atoms with van der Waals surface area (Å²) in [7, 11) is 0. The van der Waals surface area contributed by atoms with Crippen LogP contribution < -0.4 is 4.74 Å². The fourth-order valence-corrected chi connectivity index (χ4v) is 2.22. The van der Waals surface area contributed by atoms with Crippen LogP contribution in [0.15, 0.2) is 36.4 Å². The minimum absolute atomic E-state index is 0.177. The van der Waals surface area contributed by atoms with Crippen molar-refractivity contribution < 1.29 is 4.74 Å². The molecule has 0 fully saturated rings. The van der Waals surface area contributed by atoms with Gasteiger partial charge in [-0.25, -0.2) is 0 Å². The Bertz CT molecular complexity index is 506. The van der Waals surface area contributed by atoms with Crippen LogP contribution in [0.1, 0.15) is 19.4 Å². The van der Waals surface area contributed by atoms with Crippen molar-refractivity contribution in [3.05, 3.63) is 42.0 Å². The van der Waals surface area contributed by atoms with Crippen molar-refractivity contribution in [1.29, 1.82) is 0 Å². The highest BCUT2D eigenvalue weighted by atomic mass is 16.5. The van der Waals surface area contributed by atoms with Crippen molar-refractivity contribution in [1.82, 2.24) is 0 Å². The molecule has 0 amide bonds. The van der Waals surface area contributed by atoms with E-state index in [1.807, 2.05) is 12.1 Å². The fraction of sp³-hybridized carbons (Fsp3) is 0.231. The monoisotopic (exact) mass is 184 g/mol. The van der Waals surface area contributed by atoms with Crippen LogP contribution >= 0.6 is 0 Å². The summed E-state index contributed by atoms with van der Waals surface area (Å²) in [6.07, 6.45) is 0. The molecule has 1 nitrogen and oxygen atoms in total. The maximum absolute atomic E-state index is 5.91. The van der Waals surface area contributed by atoms with Gasteiger partial charge in [-0.05, 0) is 25.3 Å². The Labute approximate surface area is 83.3 Å². The molecular formula is C13H12O. The lowest BCUT2D eigenvalue weighted by molar-refractivity contribution is 0.125. The zero-order valence-corrected chi connectivity index (χ0v) is 8.37. The Balaban J connectivity index is 2.50. The molecule has 0 aromatic heterocycles. The van der Waals surface area contributed by atoms with Crippen LogP contribution in [-0.2, 0) is 5.60 Å². The third-order valence-electron chi connectivity index (χ3n) is 2.88. The summed E-state index contributed by atoms with van der Waals surface area (Å²) in [5.74, 6) is 1.02. The summed E-state index contributed by atoms with van der Waals surface area (Å²) in [6.45, 7) is 4.23. The first kappa shape index (κ1) is 7.86. The Kier molecular flexibility index (Phi) is 1.29. The fourth-order valence-electron chi connectivity index (χ4n) is 2.22. The molecule has 1 aliphatic heterocycles. The van der Waals surface area contributed by atoms with Gasteiger partial charge in [0.2, 0.25) is 0 Å². The van der Waals surface area contributed by atoms with Gasteiger partial charge in [0.15, 0.2) is 0 Å². The second-order valence-corrected chi connectivity index (χ2v) is 4.27. The molecule has 0 atom stereocenters. The molecule has 0 spiro atoms. The van der Waals surface area contributed by atoms with Gasteiger partial charge in [-0.15, -0.1) is 0 Å². The highest BCUT2D eigenvalue weighted by molar-refractivity contribution is 5.93. The Hall–Kier alpha value is -1.50. The summed E-state index contributed by atoms with van der Waals surface area (Å²) in [5.41, 5.74) is 1.12. The first-order valence-electron chi connectivity index (χ1n) is 4.90. The van der Waals surface area contributed by atoms with Gasteiger partial charge in [0.25, 0.3) is 0 Å². The molecule has 14 heavy (non-hydrogen) atoms. The summed E-state index contributed by atoms with van der Waals surface area (Å²) >= 11 is 0. The van der Waals surface area contributed by atoms with Crippen LogP contribution in [0, 0.1) is 0 Å². The van der Waals surface area contributed by atoms with Crippen molar-refractivity contribution in [3.8, 4) is 5.75 Å². The van der Waals surface area contributed by atoms with Gasteiger partial charge in [0.1, 0.15) is 11.4 Å². The number of hydrogen-bond acceptors (Lipinski definition) is 1. The van der Waals surface area contributed by atoms with Crippen LogP contribution in [-0.4, -0.2) is 0 Å². The van der Waals surface area contributed by atoms with E-state index in [0.717, 1.165) is 5.75 Å². The molecule has 3 rings (SSSR count). The van der Waals surface area contributed by atoms with E-state index in [1.165, 1.54) is 16.3 Å². The topological polar surface area (TPSA) is 9.23 Å². The van der Waals surface area contributed by atoms with E-state index in [2.05, 4.69) is 38.1 Å². The smallest absolute Gasteiger partial charge is 0.129 e. The van der Waals surface area contributed by atoms with Crippen molar-refractivity contribution in [2.45, 2.75) is 19.4 Å². The second kappa shape index (κ2) is 2.30. The van der Waals surface area contributed by atoms with Gasteiger partial charge in [0, 0.05) is 10.9 Å². The minimum atomic E-state index is -0.177. The van der Waals surface area contributed by atoms with E-state index in [9.17, 15) is 0 Å². The highest BCUT2D eigenvalue weighted by Gasteiger charge is 2.32. The van der Waals surface area contributed by atoms with Gasteiger partial charge in [0.05, 0.1) is 0 Å². The highest BCUT2D eigenvalue weighted by Crippen LogP contribution is 2.43. The molecule has 0 radical (unpaired) electrons. The summed E-state index contributed by atoms with van der Waals surface area (Å²) in [5, 5.41) is 2.55. The van der Waals surface area contributed by atoms with Gasteiger partial charge < -0.3 is 4.74 Å². The third-order valence-corrected chi connectivity index (χ3v) is 2.88. The third kappa shape index (κ3) is 0.844. The molecule has 0 unspecified atom stereocenters. The molecule has 1 aliphatic rings. The van der Waals surface area contributed by atoms with Crippen LogP contribution in [0.3, 0.4) is 0 Å². The molecular weight excluding hydrogens is 172 g/mol. The molecule has 2 aromatic rings. The van der Waals surface area contributed by atoms with Gasteiger partial charge in [-0.2, -0.15) is 0 Å². The first-order valence-corrected chi connectivity index (χ1v) is 4.90. The Morgan fingerprint density at radius 2 is 1.71 bits per heavy atom. The second-order valence-electron chi connectivity index (χ2n) is 4.27. The van der Waals surface area contributed by atoms with Crippen LogP contribution in [0.2, 0.25) is 0 Å². The predicted octanol–water partition coefficient (Wildman–Crippen LogP) is 3.47. The lowest BCUT2D eigenvalue weighted by atomic mass is 9.95. The lowest BCUT2D eigenvalue weighted by Crippen LogP contribution is -2.20. The van der Waals surface area contributed by atoms with E-state index in [1.54, 1.807) is 0 Å². The molecule has 0 saturated heterocycles. The first-order chi connectivity index (χ1) is 6.68. The zero-order valence-electron chi connectivity index (χ0n) is 8.37. The van der Waals surface area contributed by atoms with E-state index in [0.29, 0.717) is 0 Å². The number of hydrogen-bond donors (Lipinski definition) is 0.